The maximum absolute atomic E-state index is 12.6. The van der Waals surface area contributed by atoms with Crippen LogP contribution in [0.15, 0.2) is 0 Å². The molecule has 5 heteroatoms. The standard InChI is InChI=1S/C7H11F2N3/c1-4(2)5-10-6(12-11-5)7(3,8)9/h4H,1-3H3,(H,10,11,12). The van der Waals surface area contributed by atoms with Gasteiger partial charge in [-0.1, -0.05) is 13.8 Å². The van der Waals surface area contributed by atoms with Crippen LogP contribution in [-0.4, -0.2) is 15.2 Å². The highest BCUT2D eigenvalue weighted by molar-refractivity contribution is 4.99. The van der Waals surface area contributed by atoms with Crippen LogP contribution in [0.3, 0.4) is 0 Å². The molecule has 3 nitrogen and oxygen atoms in total. The molecule has 0 saturated carbocycles. The average Bonchev–Trinajstić information content (AvgIpc) is 2.30. The molecule has 0 saturated heterocycles. The van der Waals surface area contributed by atoms with Crippen molar-refractivity contribution < 1.29 is 8.78 Å². The molecule has 1 rings (SSSR count). The van der Waals surface area contributed by atoms with E-state index >= 15 is 0 Å². The molecule has 0 bridgehead atoms. The van der Waals surface area contributed by atoms with Crippen LogP contribution in [-0.2, 0) is 5.92 Å². The summed E-state index contributed by atoms with van der Waals surface area (Å²) in [5.41, 5.74) is 0. The van der Waals surface area contributed by atoms with Gasteiger partial charge in [0.2, 0.25) is 5.82 Å². The van der Waals surface area contributed by atoms with Crippen molar-refractivity contribution in [1.29, 1.82) is 0 Å². The van der Waals surface area contributed by atoms with E-state index in [1.165, 1.54) is 0 Å². The van der Waals surface area contributed by atoms with Gasteiger partial charge in [0.05, 0.1) is 0 Å². The van der Waals surface area contributed by atoms with E-state index in [-0.39, 0.29) is 5.92 Å². The normalized spacial score (nSPS) is 12.5. The number of hydrogen-bond acceptors (Lipinski definition) is 2. The zero-order valence-corrected chi connectivity index (χ0v) is 7.23. The lowest BCUT2D eigenvalue weighted by Gasteiger charge is -2.02. The van der Waals surface area contributed by atoms with Crippen LogP contribution in [0.1, 0.15) is 38.3 Å². The van der Waals surface area contributed by atoms with Crippen molar-refractivity contribution in [3.63, 3.8) is 0 Å². The number of rotatable bonds is 2. The van der Waals surface area contributed by atoms with Crippen molar-refractivity contribution in [1.82, 2.24) is 15.2 Å². The van der Waals surface area contributed by atoms with E-state index < -0.39 is 11.7 Å². The van der Waals surface area contributed by atoms with Gasteiger partial charge in [-0.2, -0.15) is 13.9 Å². The molecule has 0 aliphatic heterocycles. The van der Waals surface area contributed by atoms with Gasteiger partial charge in [-0.05, 0) is 0 Å². The predicted octanol–water partition coefficient (Wildman–Crippen LogP) is 2.04. The largest absolute Gasteiger partial charge is 0.305 e. The molecule has 68 valence electrons. The van der Waals surface area contributed by atoms with Crippen molar-refractivity contribution in [2.45, 2.75) is 32.6 Å². The number of nitrogens with one attached hydrogen (secondary N) is 1. The third kappa shape index (κ3) is 1.78. The second-order valence-corrected chi connectivity index (χ2v) is 3.09. The molecule has 0 radical (unpaired) electrons. The fourth-order valence-corrected chi connectivity index (χ4v) is 0.729. The van der Waals surface area contributed by atoms with Crippen molar-refractivity contribution in [3.8, 4) is 0 Å². The first-order chi connectivity index (χ1) is 5.41. The number of halogens is 2. The van der Waals surface area contributed by atoms with E-state index in [1.54, 1.807) is 0 Å². The van der Waals surface area contributed by atoms with Gasteiger partial charge in [0, 0.05) is 12.8 Å². The number of aromatic nitrogens is 3. The minimum Gasteiger partial charge on any atom is -0.263 e. The van der Waals surface area contributed by atoms with Crippen molar-refractivity contribution in [3.05, 3.63) is 11.6 Å². The number of hydrogen-bond donors (Lipinski definition) is 1. The Morgan fingerprint density at radius 1 is 1.42 bits per heavy atom. The van der Waals surface area contributed by atoms with Gasteiger partial charge >= 0.3 is 5.92 Å². The quantitative estimate of drug-likeness (QED) is 0.747. The molecule has 1 aromatic rings. The minimum atomic E-state index is -2.95. The summed E-state index contributed by atoms with van der Waals surface area (Å²) in [5, 5.41) is 5.89. The second-order valence-electron chi connectivity index (χ2n) is 3.09. The van der Waals surface area contributed by atoms with E-state index in [4.69, 9.17) is 0 Å². The van der Waals surface area contributed by atoms with E-state index in [9.17, 15) is 8.78 Å². The fourth-order valence-electron chi connectivity index (χ4n) is 0.729. The number of nitrogens with zero attached hydrogens (tertiary/aromatic N) is 2. The molecule has 0 unspecified atom stereocenters. The van der Waals surface area contributed by atoms with Gasteiger partial charge in [-0.15, -0.1) is 0 Å². The van der Waals surface area contributed by atoms with E-state index in [0.717, 1.165) is 6.92 Å². The molecule has 12 heavy (non-hydrogen) atoms. The Morgan fingerprint density at radius 2 is 2.00 bits per heavy atom. The summed E-state index contributed by atoms with van der Waals surface area (Å²) < 4.78 is 25.2. The topological polar surface area (TPSA) is 41.6 Å². The second kappa shape index (κ2) is 2.80. The van der Waals surface area contributed by atoms with Gasteiger partial charge in [-0.25, -0.2) is 4.98 Å². The van der Waals surface area contributed by atoms with Crippen LogP contribution in [0, 0.1) is 0 Å². The number of alkyl halides is 2. The summed E-state index contributed by atoms with van der Waals surface area (Å²) in [7, 11) is 0. The maximum atomic E-state index is 12.6. The molecular formula is C7H11F2N3. The third-order valence-electron chi connectivity index (χ3n) is 1.44. The highest BCUT2D eigenvalue weighted by Crippen LogP contribution is 2.23. The molecule has 1 aromatic heterocycles. The van der Waals surface area contributed by atoms with Gasteiger partial charge in [0.1, 0.15) is 5.82 Å². The zero-order chi connectivity index (χ0) is 9.35. The van der Waals surface area contributed by atoms with Gasteiger partial charge in [0.25, 0.3) is 0 Å². The average molecular weight is 175 g/mol. The Kier molecular flexibility index (Phi) is 2.12. The van der Waals surface area contributed by atoms with Crippen LogP contribution in [0.25, 0.3) is 0 Å². The Morgan fingerprint density at radius 3 is 2.25 bits per heavy atom. The Hall–Kier alpha value is -1.00. The van der Waals surface area contributed by atoms with Crippen LogP contribution in [0.4, 0.5) is 8.78 Å². The van der Waals surface area contributed by atoms with Gasteiger partial charge in [0.15, 0.2) is 0 Å². The van der Waals surface area contributed by atoms with Crippen LogP contribution in [0.2, 0.25) is 0 Å². The lowest BCUT2D eigenvalue weighted by Crippen LogP contribution is -2.09. The molecule has 0 aliphatic carbocycles. The lowest BCUT2D eigenvalue weighted by molar-refractivity contribution is 0.00801. The van der Waals surface area contributed by atoms with E-state index in [2.05, 4.69) is 15.2 Å². The summed E-state index contributed by atoms with van der Waals surface area (Å²) in [6, 6.07) is 0. The van der Waals surface area contributed by atoms with Gasteiger partial charge < -0.3 is 0 Å². The fraction of sp³-hybridized carbons (Fsp3) is 0.714. The first kappa shape index (κ1) is 9.09. The first-order valence-corrected chi connectivity index (χ1v) is 3.72. The highest BCUT2D eigenvalue weighted by atomic mass is 19.3. The zero-order valence-electron chi connectivity index (χ0n) is 7.23. The monoisotopic (exact) mass is 175 g/mol. The van der Waals surface area contributed by atoms with Crippen molar-refractivity contribution in [2.24, 2.45) is 0 Å². The Balaban J connectivity index is 2.92. The SMILES string of the molecule is CC(C)c1nc(C(C)(F)F)n[nH]1. The maximum Gasteiger partial charge on any atom is 0.305 e. The predicted molar refractivity (Wildman–Crippen MR) is 40.0 cm³/mol. The minimum absolute atomic E-state index is 0.0913. The smallest absolute Gasteiger partial charge is 0.263 e. The molecule has 0 fully saturated rings. The Bertz CT molecular complexity index is 262. The summed E-state index contributed by atoms with van der Waals surface area (Å²) >= 11 is 0. The van der Waals surface area contributed by atoms with Crippen molar-refractivity contribution >= 4 is 0 Å². The van der Waals surface area contributed by atoms with Gasteiger partial charge in [-0.3, -0.25) is 5.10 Å². The van der Waals surface area contributed by atoms with E-state index in [1.807, 2.05) is 13.8 Å². The Labute approximate surface area is 69.2 Å². The summed E-state index contributed by atoms with van der Waals surface area (Å²) in [6.45, 7) is 4.50. The molecule has 0 amide bonds. The van der Waals surface area contributed by atoms with Crippen LogP contribution >= 0.6 is 0 Å². The lowest BCUT2D eigenvalue weighted by atomic mass is 10.2. The number of aromatic amines is 1. The molecule has 0 atom stereocenters. The number of H-pyrrole nitrogens is 1. The summed E-state index contributed by atoms with van der Waals surface area (Å²) in [4.78, 5) is 3.66. The summed E-state index contributed by atoms with van der Waals surface area (Å²) in [6.07, 6.45) is 0. The molecule has 1 heterocycles. The van der Waals surface area contributed by atoms with Crippen LogP contribution < -0.4 is 0 Å². The van der Waals surface area contributed by atoms with Crippen LogP contribution in [0.5, 0.6) is 0 Å². The van der Waals surface area contributed by atoms with Crippen molar-refractivity contribution in [2.75, 3.05) is 0 Å². The third-order valence-corrected chi connectivity index (χ3v) is 1.44. The first-order valence-electron chi connectivity index (χ1n) is 3.72. The molecular weight excluding hydrogens is 164 g/mol. The molecule has 1 N–H and O–H groups in total. The van der Waals surface area contributed by atoms with E-state index in [0.29, 0.717) is 5.82 Å². The summed E-state index contributed by atoms with van der Waals surface area (Å²) in [5.74, 6) is -2.81. The molecule has 0 spiro atoms. The highest BCUT2D eigenvalue weighted by Gasteiger charge is 2.29. The molecule has 0 aliphatic rings. The molecule has 0 aromatic carbocycles.